The maximum atomic E-state index is 5.92. The van der Waals surface area contributed by atoms with Crippen LogP contribution in [0, 0.1) is 0 Å². The molecule has 0 spiro atoms. The Labute approximate surface area is 82.8 Å². The monoisotopic (exact) mass is 184 g/mol. The molecule has 0 unspecified atom stereocenters. The lowest BCUT2D eigenvalue weighted by molar-refractivity contribution is 0.271. The quantitative estimate of drug-likeness (QED) is 0.613. The van der Waals surface area contributed by atoms with Gasteiger partial charge in [-0.25, -0.2) is 0 Å². The van der Waals surface area contributed by atoms with Gasteiger partial charge in [0.1, 0.15) is 0 Å². The third kappa shape index (κ3) is 8.00. The van der Waals surface area contributed by atoms with E-state index in [-0.39, 0.29) is 5.54 Å². The molecule has 0 amide bonds. The molecule has 0 saturated heterocycles. The van der Waals surface area contributed by atoms with E-state index in [9.17, 15) is 0 Å². The van der Waals surface area contributed by atoms with Gasteiger partial charge in [-0.3, -0.25) is 4.90 Å². The average Bonchev–Trinajstić information content (AvgIpc) is 2.00. The largest absolute Gasteiger partial charge is 0.326 e. The highest BCUT2D eigenvalue weighted by Crippen LogP contribution is 2.05. The van der Waals surface area contributed by atoms with Crippen LogP contribution in [0.3, 0.4) is 0 Å². The van der Waals surface area contributed by atoms with Gasteiger partial charge in [-0.1, -0.05) is 13.0 Å². The normalized spacial score (nSPS) is 12.1. The van der Waals surface area contributed by atoms with E-state index in [4.69, 9.17) is 5.73 Å². The number of hydrogen-bond donors (Lipinski definition) is 1. The first-order valence-corrected chi connectivity index (χ1v) is 5.11. The first kappa shape index (κ1) is 12.7. The highest BCUT2D eigenvalue weighted by molar-refractivity contribution is 4.77. The molecule has 0 radical (unpaired) electrons. The summed E-state index contributed by atoms with van der Waals surface area (Å²) in [6.07, 6.45) is 4.19. The predicted molar refractivity (Wildman–Crippen MR) is 59.8 cm³/mol. The van der Waals surface area contributed by atoms with E-state index in [1.54, 1.807) is 0 Å². The standard InChI is InChI=1S/C11H24N2/c1-5-8-13(9-6-2)10-7-11(3,4)12/h5H,1,6-10,12H2,2-4H3. The second-order valence-corrected chi connectivity index (χ2v) is 4.33. The van der Waals surface area contributed by atoms with Crippen LogP contribution in [0.2, 0.25) is 0 Å². The first-order chi connectivity index (χ1) is 5.99. The van der Waals surface area contributed by atoms with Crippen LogP contribution < -0.4 is 5.73 Å². The molecule has 0 fully saturated rings. The van der Waals surface area contributed by atoms with Crippen molar-refractivity contribution in [1.82, 2.24) is 4.90 Å². The highest BCUT2D eigenvalue weighted by Gasteiger charge is 2.12. The topological polar surface area (TPSA) is 29.3 Å². The average molecular weight is 184 g/mol. The lowest BCUT2D eigenvalue weighted by Crippen LogP contribution is -2.37. The minimum absolute atomic E-state index is 0.0485. The van der Waals surface area contributed by atoms with Crippen LogP contribution in [0.15, 0.2) is 12.7 Å². The lowest BCUT2D eigenvalue weighted by atomic mass is 10.0. The summed E-state index contributed by atoms with van der Waals surface area (Å²) >= 11 is 0. The van der Waals surface area contributed by atoms with Gasteiger partial charge in [0.15, 0.2) is 0 Å². The van der Waals surface area contributed by atoms with Gasteiger partial charge in [0.2, 0.25) is 0 Å². The van der Waals surface area contributed by atoms with E-state index in [0.29, 0.717) is 0 Å². The highest BCUT2D eigenvalue weighted by atomic mass is 15.1. The summed E-state index contributed by atoms with van der Waals surface area (Å²) in [5.41, 5.74) is 5.88. The lowest BCUT2D eigenvalue weighted by Gasteiger charge is -2.25. The maximum Gasteiger partial charge on any atom is 0.0160 e. The van der Waals surface area contributed by atoms with Crippen LogP contribution >= 0.6 is 0 Å². The fourth-order valence-corrected chi connectivity index (χ4v) is 1.24. The molecule has 0 aromatic heterocycles. The molecule has 0 rings (SSSR count). The fourth-order valence-electron chi connectivity index (χ4n) is 1.24. The van der Waals surface area contributed by atoms with Crippen molar-refractivity contribution in [3.63, 3.8) is 0 Å². The Kier molecular flexibility index (Phi) is 6.00. The second kappa shape index (κ2) is 6.17. The summed E-state index contributed by atoms with van der Waals surface area (Å²) in [5, 5.41) is 0. The van der Waals surface area contributed by atoms with Gasteiger partial charge >= 0.3 is 0 Å². The summed E-state index contributed by atoms with van der Waals surface area (Å²) in [6, 6.07) is 0. The van der Waals surface area contributed by atoms with Crippen molar-refractivity contribution in [2.45, 2.75) is 39.2 Å². The van der Waals surface area contributed by atoms with E-state index in [1.807, 2.05) is 6.08 Å². The molecule has 2 heteroatoms. The van der Waals surface area contributed by atoms with Crippen molar-refractivity contribution in [1.29, 1.82) is 0 Å². The van der Waals surface area contributed by atoms with Gasteiger partial charge in [0.05, 0.1) is 0 Å². The molecule has 13 heavy (non-hydrogen) atoms. The number of rotatable bonds is 7. The smallest absolute Gasteiger partial charge is 0.0160 e. The van der Waals surface area contributed by atoms with Crippen molar-refractivity contribution in [3.8, 4) is 0 Å². The number of hydrogen-bond acceptors (Lipinski definition) is 2. The van der Waals surface area contributed by atoms with E-state index in [1.165, 1.54) is 6.42 Å². The zero-order chi connectivity index (χ0) is 10.3. The Hall–Kier alpha value is -0.340. The molecular formula is C11H24N2. The Bertz CT molecular complexity index is 136. The Morgan fingerprint density at radius 1 is 1.38 bits per heavy atom. The van der Waals surface area contributed by atoms with Crippen LogP contribution in [-0.4, -0.2) is 30.1 Å². The first-order valence-electron chi connectivity index (χ1n) is 5.11. The molecule has 0 aliphatic heterocycles. The van der Waals surface area contributed by atoms with Gasteiger partial charge in [-0.15, -0.1) is 6.58 Å². The molecule has 0 bridgehead atoms. The van der Waals surface area contributed by atoms with Crippen LogP contribution in [0.5, 0.6) is 0 Å². The zero-order valence-electron chi connectivity index (χ0n) is 9.34. The van der Waals surface area contributed by atoms with Gasteiger partial charge in [-0.05, 0) is 33.2 Å². The van der Waals surface area contributed by atoms with E-state index in [2.05, 4.69) is 32.3 Å². The molecular weight excluding hydrogens is 160 g/mol. The van der Waals surface area contributed by atoms with Gasteiger partial charge < -0.3 is 5.73 Å². The van der Waals surface area contributed by atoms with Gasteiger partial charge in [0.25, 0.3) is 0 Å². The summed E-state index contributed by atoms with van der Waals surface area (Å²) in [5.74, 6) is 0. The van der Waals surface area contributed by atoms with E-state index >= 15 is 0 Å². The van der Waals surface area contributed by atoms with Crippen molar-refractivity contribution in [2.24, 2.45) is 5.73 Å². The van der Waals surface area contributed by atoms with Crippen molar-refractivity contribution in [3.05, 3.63) is 12.7 Å². The van der Waals surface area contributed by atoms with Crippen molar-refractivity contribution < 1.29 is 0 Å². The van der Waals surface area contributed by atoms with Crippen LogP contribution in [0.1, 0.15) is 33.6 Å². The minimum Gasteiger partial charge on any atom is -0.326 e. The number of nitrogens with two attached hydrogens (primary N) is 1. The van der Waals surface area contributed by atoms with E-state index < -0.39 is 0 Å². The molecule has 0 aliphatic carbocycles. The molecule has 0 atom stereocenters. The van der Waals surface area contributed by atoms with Crippen molar-refractivity contribution >= 4 is 0 Å². The third-order valence-corrected chi connectivity index (χ3v) is 2.00. The van der Waals surface area contributed by atoms with Crippen LogP contribution in [0.25, 0.3) is 0 Å². The molecule has 2 N–H and O–H groups in total. The Balaban J connectivity index is 3.74. The molecule has 2 nitrogen and oxygen atoms in total. The minimum atomic E-state index is -0.0485. The summed E-state index contributed by atoms with van der Waals surface area (Å²) in [6.45, 7) is 13.3. The van der Waals surface area contributed by atoms with Crippen molar-refractivity contribution in [2.75, 3.05) is 19.6 Å². The number of nitrogens with zero attached hydrogens (tertiary/aromatic N) is 1. The zero-order valence-corrected chi connectivity index (χ0v) is 9.34. The fraction of sp³-hybridized carbons (Fsp3) is 0.818. The summed E-state index contributed by atoms with van der Waals surface area (Å²) in [4.78, 5) is 2.39. The SMILES string of the molecule is C=CCN(CCC)CCC(C)(C)N. The van der Waals surface area contributed by atoms with Gasteiger partial charge in [-0.2, -0.15) is 0 Å². The summed E-state index contributed by atoms with van der Waals surface area (Å²) < 4.78 is 0. The molecule has 0 heterocycles. The van der Waals surface area contributed by atoms with Crippen LogP contribution in [-0.2, 0) is 0 Å². The second-order valence-electron chi connectivity index (χ2n) is 4.33. The summed E-state index contributed by atoms with van der Waals surface area (Å²) in [7, 11) is 0. The maximum absolute atomic E-state index is 5.92. The molecule has 0 aromatic carbocycles. The van der Waals surface area contributed by atoms with Crippen LogP contribution in [0.4, 0.5) is 0 Å². The van der Waals surface area contributed by atoms with E-state index in [0.717, 1.165) is 26.1 Å². The Morgan fingerprint density at radius 3 is 2.38 bits per heavy atom. The third-order valence-electron chi connectivity index (χ3n) is 2.00. The Morgan fingerprint density at radius 2 is 2.00 bits per heavy atom. The van der Waals surface area contributed by atoms with Gasteiger partial charge in [0, 0.05) is 18.6 Å². The predicted octanol–water partition coefficient (Wildman–Crippen LogP) is 2.01. The molecule has 0 aromatic rings. The molecule has 0 aliphatic rings. The molecule has 0 saturated carbocycles. The molecule has 78 valence electrons.